The quantitative estimate of drug-likeness (QED) is 0.423. The SMILES string of the molecule is COc1ccc(C2=N[C@@H](C(=O)N3CCN(CC(O)c4ccc(Cl)cc4)CC3)C([C@H](C)N)O2)c2ccc(C(F)(F)F)nc12. The van der Waals surface area contributed by atoms with Crippen molar-refractivity contribution in [2.24, 2.45) is 10.7 Å². The summed E-state index contributed by atoms with van der Waals surface area (Å²) in [5.41, 5.74) is 6.28. The van der Waals surface area contributed by atoms with Crippen molar-refractivity contribution in [1.82, 2.24) is 14.8 Å². The van der Waals surface area contributed by atoms with Gasteiger partial charge in [-0.05, 0) is 48.9 Å². The zero-order chi connectivity index (χ0) is 30.2. The Hall–Kier alpha value is -3.45. The summed E-state index contributed by atoms with van der Waals surface area (Å²) < 4.78 is 51.4. The highest BCUT2D eigenvalue weighted by atomic mass is 35.5. The maximum absolute atomic E-state index is 13.6. The lowest BCUT2D eigenvalue weighted by Crippen LogP contribution is -2.54. The molecule has 2 unspecified atom stereocenters. The van der Waals surface area contributed by atoms with E-state index < -0.39 is 36.2 Å². The molecule has 3 aromatic rings. The molecule has 1 aromatic heterocycles. The number of amides is 1. The van der Waals surface area contributed by atoms with Crippen LogP contribution in [-0.2, 0) is 15.7 Å². The van der Waals surface area contributed by atoms with E-state index in [1.165, 1.54) is 19.2 Å². The highest BCUT2D eigenvalue weighted by Crippen LogP contribution is 2.35. The molecule has 2 aliphatic rings. The number of hydrogen-bond acceptors (Lipinski definition) is 8. The van der Waals surface area contributed by atoms with Gasteiger partial charge in [0.05, 0.1) is 13.2 Å². The average Bonchev–Trinajstić information content (AvgIpc) is 3.42. The number of rotatable bonds is 7. The van der Waals surface area contributed by atoms with Crippen LogP contribution in [0, 0.1) is 0 Å². The van der Waals surface area contributed by atoms with E-state index in [0.29, 0.717) is 48.7 Å². The molecule has 0 aliphatic carbocycles. The number of nitrogens with zero attached hydrogens (tertiary/aromatic N) is 4. The number of fused-ring (bicyclic) bond motifs is 1. The first-order chi connectivity index (χ1) is 20.0. The molecule has 0 bridgehead atoms. The van der Waals surface area contributed by atoms with E-state index in [-0.39, 0.29) is 23.1 Å². The molecule has 4 atom stereocenters. The predicted molar refractivity (Wildman–Crippen MR) is 152 cm³/mol. The van der Waals surface area contributed by atoms with Gasteiger partial charge in [0.1, 0.15) is 23.1 Å². The lowest BCUT2D eigenvalue weighted by Gasteiger charge is -2.37. The van der Waals surface area contributed by atoms with Crippen molar-refractivity contribution in [1.29, 1.82) is 0 Å². The molecule has 0 saturated carbocycles. The number of nitrogens with two attached hydrogens (primary N) is 1. The molecule has 1 fully saturated rings. The van der Waals surface area contributed by atoms with Crippen LogP contribution in [0.25, 0.3) is 10.9 Å². The Balaban J connectivity index is 1.33. The Morgan fingerprint density at radius 3 is 2.45 bits per heavy atom. The van der Waals surface area contributed by atoms with Crippen molar-refractivity contribution in [2.75, 3.05) is 39.8 Å². The number of alkyl halides is 3. The standard InChI is InChI=1S/C29H31ClF3N5O4/c1-16(34)26-25(28(40)38-13-11-37(12-14-38)15-21(39)17-3-5-18(30)6-4-17)36-27(42-26)20-7-9-22(41-2)24-19(20)8-10-23(35-24)29(31,32)33/h3-10,16,21,25-26,39H,11-15,34H2,1-2H3/t16-,21?,25+,26?/m0/s1. The van der Waals surface area contributed by atoms with Gasteiger partial charge in [-0.3, -0.25) is 9.69 Å². The number of methoxy groups -OCH3 is 1. The lowest BCUT2D eigenvalue weighted by atomic mass is 10.0. The van der Waals surface area contributed by atoms with E-state index in [1.807, 2.05) is 0 Å². The number of pyridine rings is 1. The summed E-state index contributed by atoms with van der Waals surface area (Å²) >= 11 is 5.94. The maximum atomic E-state index is 13.6. The number of hydrogen-bond donors (Lipinski definition) is 2. The molecule has 5 rings (SSSR count). The fourth-order valence-corrected chi connectivity index (χ4v) is 5.35. The van der Waals surface area contributed by atoms with E-state index >= 15 is 0 Å². The topological polar surface area (TPSA) is 114 Å². The fraction of sp³-hybridized carbons (Fsp3) is 0.414. The molecule has 2 aromatic carbocycles. The minimum absolute atomic E-state index is 0.000146. The Kier molecular flexibility index (Phi) is 8.61. The molecule has 42 heavy (non-hydrogen) atoms. The molecular formula is C29H31ClF3N5O4. The lowest BCUT2D eigenvalue weighted by molar-refractivity contribution is -0.141. The van der Waals surface area contributed by atoms with Crippen molar-refractivity contribution < 1.29 is 32.5 Å². The van der Waals surface area contributed by atoms with Crippen LogP contribution >= 0.6 is 11.6 Å². The summed E-state index contributed by atoms with van der Waals surface area (Å²) in [7, 11) is 1.35. The van der Waals surface area contributed by atoms with Crippen molar-refractivity contribution >= 4 is 34.3 Å². The third-order valence-electron chi connectivity index (χ3n) is 7.52. The zero-order valence-corrected chi connectivity index (χ0v) is 23.8. The number of piperazine rings is 1. The molecule has 3 N–H and O–H groups in total. The number of halogens is 4. The van der Waals surface area contributed by atoms with E-state index in [1.54, 1.807) is 42.2 Å². The molecule has 1 amide bonds. The first-order valence-electron chi connectivity index (χ1n) is 13.5. The number of carbonyl (C=O) groups excluding carboxylic acids is 1. The summed E-state index contributed by atoms with van der Waals surface area (Å²) in [5.74, 6) is 0.0175. The van der Waals surface area contributed by atoms with Crippen LogP contribution in [0.15, 0.2) is 53.5 Å². The van der Waals surface area contributed by atoms with Gasteiger partial charge in [0.25, 0.3) is 5.91 Å². The van der Waals surface area contributed by atoms with Gasteiger partial charge in [-0.2, -0.15) is 13.2 Å². The fourth-order valence-electron chi connectivity index (χ4n) is 5.22. The summed E-state index contributed by atoms with van der Waals surface area (Å²) in [5, 5.41) is 11.6. The van der Waals surface area contributed by atoms with Crippen LogP contribution in [0.3, 0.4) is 0 Å². The van der Waals surface area contributed by atoms with Gasteiger partial charge in [0, 0.05) is 54.7 Å². The first kappa shape index (κ1) is 30.0. The molecule has 1 saturated heterocycles. The van der Waals surface area contributed by atoms with Gasteiger partial charge in [-0.15, -0.1) is 0 Å². The smallest absolute Gasteiger partial charge is 0.433 e. The summed E-state index contributed by atoms with van der Waals surface area (Å²) in [6, 6.07) is 10.8. The number of benzene rings is 2. The Bertz CT molecular complexity index is 1480. The molecular weight excluding hydrogens is 575 g/mol. The number of aliphatic hydroxyl groups is 1. The Morgan fingerprint density at radius 1 is 1.14 bits per heavy atom. The van der Waals surface area contributed by atoms with Gasteiger partial charge in [-0.1, -0.05) is 23.7 Å². The van der Waals surface area contributed by atoms with Crippen LogP contribution in [0.5, 0.6) is 5.75 Å². The molecule has 9 nitrogen and oxygen atoms in total. The van der Waals surface area contributed by atoms with Crippen molar-refractivity contribution in [2.45, 2.75) is 37.4 Å². The van der Waals surface area contributed by atoms with Crippen LogP contribution in [0.1, 0.15) is 29.8 Å². The van der Waals surface area contributed by atoms with Crippen LogP contribution in [0.2, 0.25) is 5.02 Å². The van der Waals surface area contributed by atoms with Gasteiger partial charge in [0.2, 0.25) is 5.90 Å². The number of β-amino-alcohol motifs (C(OH)–C–C–N with tert-alkyl or cyclic N) is 1. The van der Waals surface area contributed by atoms with Crippen molar-refractivity contribution in [3.05, 3.63) is 70.4 Å². The van der Waals surface area contributed by atoms with Crippen LogP contribution in [0.4, 0.5) is 13.2 Å². The number of ether oxygens (including phenoxy) is 2. The largest absolute Gasteiger partial charge is 0.494 e. The van der Waals surface area contributed by atoms with E-state index in [2.05, 4.69) is 14.9 Å². The highest BCUT2D eigenvalue weighted by molar-refractivity contribution is 6.30. The van der Waals surface area contributed by atoms with Gasteiger partial charge in [-0.25, -0.2) is 9.98 Å². The molecule has 2 aliphatic heterocycles. The molecule has 224 valence electrons. The van der Waals surface area contributed by atoms with Gasteiger partial charge < -0.3 is 25.2 Å². The van der Waals surface area contributed by atoms with Gasteiger partial charge in [0.15, 0.2) is 6.04 Å². The summed E-state index contributed by atoms with van der Waals surface area (Å²) in [6.45, 7) is 4.08. The predicted octanol–water partition coefficient (Wildman–Crippen LogP) is 3.65. The maximum Gasteiger partial charge on any atom is 0.433 e. The second kappa shape index (κ2) is 12.0. The second-order valence-corrected chi connectivity index (χ2v) is 10.9. The van der Waals surface area contributed by atoms with E-state index in [9.17, 15) is 23.1 Å². The number of aliphatic imine (C=N–C) groups is 1. The molecule has 3 heterocycles. The normalized spacial score (nSPS) is 21.1. The Labute approximate surface area is 245 Å². The monoisotopic (exact) mass is 605 g/mol. The summed E-state index contributed by atoms with van der Waals surface area (Å²) in [4.78, 5) is 25.8. The molecule has 13 heteroatoms. The minimum atomic E-state index is -4.63. The second-order valence-electron chi connectivity index (χ2n) is 10.4. The average molecular weight is 606 g/mol. The van der Waals surface area contributed by atoms with Crippen LogP contribution in [-0.4, -0.2) is 89.7 Å². The van der Waals surface area contributed by atoms with Crippen molar-refractivity contribution in [3.63, 3.8) is 0 Å². The van der Waals surface area contributed by atoms with Crippen LogP contribution < -0.4 is 10.5 Å². The first-order valence-corrected chi connectivity index (χ1v) is 13.8. The highest BCUT2D eigenvalue weighted by Gasteiger charge is 2.42. The summed E-state index contributed by atoms with van der Waals surface area (Å²) in [6.07, 6.45) is -6.09. The molecule has 0 spiro atoms. The van der Waals surface area contributed by atoms with Crippen molar-refractivity contribution in [3.8, 4) is 5.75 Å². The number of aromatic nitrogens is 1. The number of carbonyl (C=O) groups is 1. The minimum Gasteiger partial charge on any atom is -0.494 e. The van der Waals surface area contributed by atoms with E-state index in [0.717, 1.165) is 11.6 Å². The Morgan fingerprint density at radius 2 is 1.83 bits per heavy atom. The molecule has 0 radical (unpaired) electrons. The third kappa shape index (κ3) is 6.17. The number of aliphatic hydroxyl groups excluding tert-OH is 1. The van der Waals surface area contributed by atoms with Gasteiger partial charge >= 0.3 is 6.18 Å². The van der Waals surface area contributed by atoms with E-state index in [4.69, 9.17) is 26.8 Å². The zero-order valence-electron chi connectivity index (χ0n) is 23.0. The third-order valence-corrected chi connectivity index (χ3v) is 7.77.